The molecule has 0 saturated carbocycles. The van der Waals surface area contributed by atoms with Crippen molar-refractivity contribution in [1.29, 1.82) is 0 Å². The summed E-state index contributed by atoms with van der Waals surface area (Å²) in [7, 11) is 6.87. The van der Waals surface area contributed by atoms with Gasteiger partial charge in [0.25, 0.3) is 11.8 Å². The Hall–Kier alpha value is -3.22. The molecule has 0 atom stereocenters. The predicted octanol–water partition coefficient (Wildman–Crippen LogP) is 3.26. The van der Waals surface area contributed by atoms with Crippen LogP contribution in [0, 0.1) is 0 Å². The number of carbonyl (C=O) groups is 2. The Morgan fingerprint density at radius 3 is 2.14 bits per heavy atom. The maximum absolute atomic E-state index is 13.0. The minimum absolute atomic E-state index is 0.00894. The molecule has 29 heavy (non-hydrogen) atoms. The van der Waals surface area contributed by atoms with Crippen molar-refractivity contribution in [2.24, 2.45) is 0 Å². The Balaban J connectivity index is 1.88. The fraction of sp³-hybridized carbons (Fsp3) is 0.364. The number of amides is 2. The lowest BCUT2D eigenvalue weighted by Gasteiger charge is -2.22. The molecule has 0 bridgehead atoms. The number of ether oxygens (including phenoxy) is 2. The molecule has 1 N–H and O–H groups in total. The second-order valence-corrected chi connectivity index (χ2v) is 7.18. The molecule has 0 unspecified atom stereocenters. The monoisotopic (exact) mass is 397 g/mol. The standard InChI is InChI=1S/C22H27N3O4/c1-24(2)20-8-7-16(13-19(20)22(27)25-9-5-6-10-25)23-21(26)15-11-17(28-3)14-18(12-15)29-4/h7-8,11-14H,5-6,9-10H2,1-4H3,(H,23,26). The van der Waals surface area contributed by atoms with Crippen LogP contribution in [0.15, 0.2) is 36.4 Å². The van der Waals surface area contributed by atoms with Gasteiger partial charge in [0.2, 0.25) is 0 Å². The van der Waals surface area contributed by atoms with Crippen LogP contribution in [0.4, 0.5) is 11.4 Å². The molecular weight excluding hydrogens is 370 g/mol. The van der Waals surface area contributed by atoms with Gasteiger partial charge in [0.15, 0.2) is 0 Å². The number of hydrogen-bond acceptors (Lipinski definition) is 5. The molecule has 7 heteroatoms. The molecule has 2 aromatic carbocycles. The second kappa shape index (κ2) is 8.86. The fourth-order valence-electron chi connectivity index (χ4n) is 3.41. The van der Waals surface area contributed by atoms with Crippen LogP contribution in [0.1, 0.15) is 33.6 Å². The molecule has 2 amide bonds. The zero-order chi connectivity index (χ0) is 21.0. The van der Waals surface area contributed by atoms with Crippen LogP contribution in [0.5, 0.6) is 11.5 Å². The van der Waals surface area contributed by atoms with Crippen molar-refractivity contribution in [1.82, 2.24) is 4.90 Å². The summed E-state index contributed by atoms with van der Waals surface area (Å²) in [6.07, 6.45) is 2.05. The van der Waals surface area contributed by atoms with Crippen molar-refractivity contribution in [3.05, 3.63) is 47.5 Å². The maximum Gasteiger partial charge on any atom is 0.256 e. The molecular formula is C22H27N3O4. The second-order valence-electron chi connectivity index (χ2n) is 7.18. The first-order valence-corrected chi connectivity index (χ1v) is 9.58. The summed E-state index contributed by atoms with van der Waals surface area (Å²) in [6.45, 7) is 1.54. The lowest BCUT2D eigenvalue weighted by Crippen LogP contribution is -2.29. The van der Waals surface area contributed by atoms with E-state index in [0.717, 1.165) is 31.6 Å². The van der Waals surface area contributed by atoms with Gasteiger partial charge in [0.1, 0.15) is 11.5 Å². The Kier molecular flexibility index (Phi) is 6.26. The van der Waals surface area contributed by atoms with E-state index in [0.29, 0.717) is 28.3 Å². The van der Waals surface area contributed by atoms with Crippen LogP contribution in [-0.4, -0.2) is 58.1 Å². The molecule has 3 rings (SSSR count). The highest BCUT2D eigenvalue weighted by atomic mass is 16.5. The average Bonchev–Trinajstić information content (AvgIpc) is 3.27. The van der Waals surface area contributed by atoms with Gasteiger partial charge in [-0.15, -0.1) is 0 Å². The van der Waals surface area contributed by atoms with Crippen LogP contribution in [-0.2, 0) is 0 Å². The number of benzene rings is 2. The molecule has 1 fully saturated rings. The Morgan fingerprint density at radius 1 is 0.966 bits per heavy atom. The van der Waals surface area contributed by atoms with E-state index in [1.54, 1.807) is 30.3 Å². The van der Waals surface area contributed by atoms with Crippen molar-refractivity contribution in [2.45, 2.75) is 12.8 Å². The van der Waals surface area contributed by atoms with Crippen molar-refractivity contribution in [3.63, 3.8) is 0 Å². The van der Waals surface area contributed by atoms with Gasteiger partial charge in [-0.1, -0.05) is 0 Å². The molecule has 1 heterocycles. The highest BCUT2D eigenvalue weighted by molar-refractivity contribution is 6.06. The molecule has 0 radical (unpaired) electrons. The highest BCUT2D eigenvalue weighted by Crippen LogP contribution is 2.27. The quantitative estimate of drug-likeness (QED) is 0.810. The van der Waals surface area contributed by atoms with E-state index in [1.807, 2.05) is 30.0 Å². The Bertz CT molecular complexity index is 883. The van der Waals surface area contributed by atoms with Crippen LogP contribution in [0.25, 0.3) is 0 Å². The van der Waals surface area contributed by atoms with Gasteiger partial charge in [-0.2, -0.15) is 0 Å². The van der Waals surface area contributed by atoms with E-state index >= 15 is 0 Å². The number of nitrogens with one attached hydrogen (secondary N) is 1. The molecule has 0 spiro atoms. The normalized spacial score (nSPS) is 13.2. The van der Waals surface area contributed by atoms with Gasteiger partial charge in [-0.25, -0.2) is 0 Å². The first-order valence-electron chi connectivity index (χ1n) is 9.58. The van der Waals surface area contributed by atoms with Crippen molar-refractivity contribution in [2.75, 3.05) is 51.6 Å². The predicted molar refractivity (Wildman–Crippen MR) is 113 cm³/mol. The molecule has 1 aliphatic rings. The van der Waals surface area contributed by atoms with Crippen LogP contribution in [0.2, 0.25) is 0 Å². The number of hydrogen-bond donors (Lipinski definition) is 1. The van der Waals surface area contributed by atoms with E-state index < -0.39 is 0 Å². The zero-order valence-corrected chi connectivity index (χ0v) is 17.3. The topological polar surface area (TPSA) is 71.1 Å². The van der Waals surface area contributed by atoms with E-state index in [2.05, 4.69) is 5.32 Å². The summed E-state index contributed by atoms with van der Waals surface area (Å²) in [4.78, 5) is 29.5. The molecule has 0 aliphatic carbocycles. The van der Waals surface area contributed by atoms with E-state index in [9.17, 15) is 9.59 Å². The summed E-state index contributed by atoms with van der Waals surface area (Å²) < 4.78 is 10.5. The van der Waals surface area contributed by atoms with Gasteiger partial charge in [-0.3, -0.25) is 9.59 Å². The lowest BCUT2D eigenvalue weighted by molar-refractivity contribution is 0.0793. The van der Waals surface area contributed by atoms with Gasteiger partial charge < -0.3 is 24.6 Å². The molecule has 0 aromatic heterocycles. The van der Waals surface area contributed by atoms with Gasteiger partial charge in [-0.05, 0) is 43.2 Å². The molecule has 7 nitrogen and oxygen atoms in total. The van der Waals surface area contributed by atoms with Gasteiger partial charge >= 0.3 is 0 Å². The smallest absolute Gasteiger partial charge is 0.256 e. The summed E-state index contributed by atoms with van der Waals surface area (Å²) in [5, 5.41) is 2.87. The minimum Gasteiger partial charge on any atom is -0.497 e. The number of methoxy groups -OCH3 is 2. The number of carbonyl (C=O) groups excluding carboxylic acids is 2. The Morgan fingerprint density at radius 2 is 1.59 bits per heavy atom. The third-order valence-corrected chi connectivity index (χ3v) is 4.97. The summed E-state index contributed by atoms with van der Waals surface area (Å²) in [5.74, 6) is 0.745. The number of anilines is 2. The van der Waals surface area contributed by atoms with Gasteiger partial charge in [0.05, 0.1) is 19.8 Å². The maximum atomic E-state index is 13.0. The van der Waals surface area contributed by atoms with Crippen LogP contribution in [0.3, 0.4) is 0 Å². The fourth-order valence-corrected chi connectivity index (χ4v) is 3.41. The lowest BCUT2D eigenvalue weighted by atomic mass is 10.1. The largest absolute Gasteiger partial charge is 0.497 e. The molecule has 154 valence electrons. The summed E-state index contributed by atoms with van der Waals surface area (Å²) in [6, 6.07) is 10.4. The third-order valence-electron chi connectivity index (χ3n) is 4.97. The van der Waals surface area contributed by atoms with Crippen LogP contribution >= 0.6 is 0 Å². The SMILES string of the molecule is COc1cc(OC)cc(C(=O)Nc2ccc(N(C)C)c(C(=O)N3CCCC3)c2)c1. The average molecular weight is 397 g/mol. The zero-order valence-electron chi connectivity index (χ0n) is 17.3. The number of likely N-dealkylation sites (tertiary alicyclic amines) is 1. The summed E-state index contributed by atoms with van der Waals surface area (Å²) in [5.41, 5.74) is 2.37. The minimum atomic E-state index is -0.306. The summed E-state index contributed by atoms with van der Waals surface area (Å²) >= 11 is 0. The van der Waals surface area contributed by atoms with Crippen molar-refractivity contribution < 1.29 is 19.1 Å². The highest BCUT2D eigenvalue weighted by Gasteiger charge is 2.23. The third kappa shape index (κ3) is 4.62. The first-order chi connectivity index (χ1) is 13.9. The first kappa shape index (κ1) is 20.5. The van der Waals surface area contributed by atoms with E-state index in [-0.39, 0.29) is 11.8 Å². The molecule has 1 aliphatic heterocycles. The van der Waals surface area contributed by atoms with Crippen molar-refractivity contribution in [3.8, 4) is 11.5 Å². The molecule has 1 saturated heterocycles. The number of nitrogens with zero attached hydrogens (tertiary/aromatic N) is 2. The number of rotatable bonds is 6. The Labute approximate surface area is 171 Å². The molecule has 2 aromatic rings. The van der Waals surface area contributed by atoms with E-state index in [4.69, 9.17) is 9.47 Å². The van der Waals surface area contributed by atoms with Crippen molar-refractivity contribution >= 4 is 23.2 Å². The van der Waals surface area contributed by atoms with Gasteiger partial charge in [0, 0.05) is 50.2 Å². The van der Waals surface area contributed by atoms with E-state index in [1.165, 1.54) is 14.2 Å². The van der Waals surface area contributed by atoms with Crippen LogP contribution < -0.4 is 19.7 Å².